The van der Waals surface area contributed by atoms with E-state index in [9.17, 15) is 43.8 Å². The maximum atomic E-state index is 14.5. The Hall–Kier alpha value is -6.57. The summed E-state index contributed by atoms with van der Waals surface area (Å²) < 4.78 is 5.95. The molecular formula is C56H79N9O10. The number of carbonyl (C=O) groups is 7. The molecule has 0 spiro atoms. The quantitative estimate of drug-likeness (QED) is 0.0783. The third-order valence-corrected chi connectivity index (χ3v) is 14.3. The van der Waals surface area contributed by atoms with Crippen LogP contribution in [0.2, 0.25) is 0 Å². The van der Waals surface area contributed by atoms with Crippen molar-refractivity contribution in [3.8, 4) is 22.6 Å². The fraction of sp³-hybridized carbons (Fsp3) is 0.554. The molecule has 11 N–H and O–H groups in total. The van der Waals surface area contributed by atoms with E-state index in [1.165, 1.54) is 54.5 Å². The highest BCUT2D eigenvalue weighted by Gasteiger charge is 2.43. The Bertz CT molecular complexity index is 2370. The van der Waals surface area contributed by atoms with Gasteiger partial charge in [0.1, 0.15) is 47.8 Å². The molecule has 3 heterocycles. The van der Waals surface area contributed by atoms with Crippen molar-refractivity contribution in [3.63, 3.8) is 0 Å². The third-order valence-electron chi connectivity index (χ3n) is 14.3. The second-order valence-electron chi connectivity index (χ2n) is 20.2. The average Bonchev–Trinajstić information content (AvgIpc) is 4.07. The summed E-state index contributed by atoms with van der Waals surface area (Å²) in [6.07, 6.45) is 8.12. The third kappa shape index (κ3) is 16.7. The number of nitrogens with one attached hydrogen (secondary N) is 5. The minimum absolute atomic E-state index is 0.00765. The summed E-state index contributed by atoms with van der Waals surface area (Å²) in [5.74, 6) is -3.58. The zero-order chi connectivity index (χ0) is 53.9. The van der Waals surface area contributed by atoms with Crippen molar-refractivity contribution in [2.45, 2.75) is 165 Å². The number of phenolic OH excluding ortho intramolecular Hbond substituents is 1. The highest BCUT2D eigenvalue weighted by Crippen LogP contribution is 2.25. The van der Waals surface area contributed by atoms with Gasteiger partial charge in [-0.2, -0.15) is 0 Å². The first-order valence-corrected chi connectivity index (χ1v) is 27.0. The van der Waals surface area contributed by atoms with Crippen LogP contribution in [0.1, 0.15) is 126 Å². The number of aryl methyl sites for hydroxylation is 1. The van der Waals surface area contributed by atoms with Crippen molar-refractivity contribution in [1.82, 2.24) is 36.4 Å². The lowest BCUT2D eigenvalue weighted by atomic mass is 10.0. The van der Waals surface area contributed by atoms with E-state index in [0.717, 1.165) is 35.3 Å². The van der Waals surface area contributed by atoms with Crippen LogP contribution >= 0.6 is 0 Å². The molecule has 3 aromatic carbocycles. The number of aliphatic hydroxyl groups is 1. The number of benzene rings is 3. The van der Waals surface area contributed by atoms with Crippen LogP contribution in [0.3, 0.4) is 0 Å². The lowest BCUT2D eigenvalue weighted by Crippen LogP contribution is -2.61. The number of amides is 7. The highest BCUT2D eigenvalue weighted by molar-refractivity contribution is 6.00. The second kappa shape index (κ2) is 28.9. The van der Waals surface area contributed by atoms with Gasteiger partial charge in [-0.25, -0.2) is 0 Å². The number of aromatic hydroxyl groups is 1. The maximum Gasteiger partial charge on any atom is 0.251 e. The zero-order valence-corrected chi connectivity index (χ0v) is 43.6. The number of carbonyl (C=O) groups excluding carboxylic acids is 7. The molecule has 0 saturated carbocycles. The second-order valence-corrected chi connectivity index (χ2v) is 20.2. The van der Waals surface area contributed by atoms with Gasteiger partial charge in [-0.3, -0.25) is 33.6 Å². The van der Waals surface area contributed by atoms with Crippen LogP contribution in [-0.2, 0) is 35.2 Å². The van der Waals surface area contributed by atoms with E-state index in [-0.39, 0.29) is 75.9 Å². The van der Waals surface area contributed by atoms with Crippen molar-refractivity contribution >= 4 is 41.4 Å². The molecular weight excluding hydrogens is 959 g/mol. The number of ether oxygens (including phenoxy) is 1. The molecule has 3 aliphatic rings. The Balaban J connectivity index is 1.22. The molecule has 408 valence electrons. The minimum Gasteiger partial charge on any atom is -0.508 e. The maximum absolute atomic E-state index is 14.5. The Kier molecular flexibility index (Phi) is 22.3. The van der Waals surface area contributed by atoms with Crippen molar-refractivity contribution in [3.05, 3.63) is 83.9 Å². The number of unbranched alkanes of at least 4 members (excludes halogenated alkanes) is 6. The molecule has 0 aromatic heterocycles. The number of aliphatic hydroxyl groups excluding tert-OH is 1. The van der Waals surface area contributed by atoms with Gasteiger partial charge in [-0.05, 0) is 137 Å². The minimum atomic E-state index is -1.53. The lowest BCUT2D eigenvalue weighted by Gasteiger charge is -2.32. The highest BCUT2D eigenvalue weighted by atomic mass is 16.5. The molecule has 3 fully saturated rings. The summed E-state index contributed by atoms with van der Waals surface area (Å²) in [6, 6.07) is 13.3. The molecule has 7 amide bonds. The van der Waals surface area contributed by atoms with E-state index in [2.05, 4.69) is 33.5 Å². The summed E-state index contributed by atoms with van der Waals surface area (Å²) in [6.45, 7) is 4.73. The van der Waals surface area contributed by atoms with Crippen LogP contribution in [0.4, 0.5) is 0 Å². The van der Waals surface area contributed by atoms with Crippen LogP contribution < -0.4 is 42.8 Å². The van der Waals surface area contributed by atoms with Gasteiger partial charge in [-0.1, -0.05) is 75.4 Å². The van der Waals surface area contributed by atoms with Gasteiger partial charge in [0.2, 0.25) is 35.4 Å². The number of nitrogens with zero attached hydrogens (tertiary/aromatic N) is 2. The first-order valence-electron chi connectivity index (χ1n) is 27.0. The molecule has 75 heavy (non-hydrogen) atoms. The van der Waals surface area contributed by atoms with Crippen molar-refractivity contribution in [2.24, 2.45) is 11.5 Å². The van der Waals surface area contributed by atoms with E-state index in [4.69, 9.17) is 16.2 Å². The van der Waals surface area contributed by atoms with Gasteiger partial charge >= 0.3 is 0 Å². The molecule has 3 aromatic rings. The molecule has 8 atom stereocenters. The van der Waals surface area contributed by atoms with Gasteiger partial charge in [0.05, 0.1) is 12.7 Å². The number of rotatable bonds is 19. The van der Waals surface area contributed by atoms with E-state index in [1.54, 1.807) is 36.4 Å². The number of phenols is 1. The molecule has 0 bridgehead atoms. The van der Waals surface area contributed by atoms with Gasteiger partial charge in [0.15, 0.2) is 0 Å². The molecule has 3 aliphatic heterocycles. The normalized spacial score (nSPS) is 23.7. The predicted molar refractivity (Wildman–Crippen MR) is 284 cm³/mol. The van der Waals surface area contributed by atoms with Gasteiger partial charge in [0.25, 0.3) is 5.91 Å². The summed E-state index contributed by atoms with van der Waals surface area (Å²) in [7, 11) is 0. The number of nitrogens with two attached hydrogens (primary N) is 2. The van der Waals surface area contributed by atoms with Gasteiger partial charge < -0.3 is 62.8 Å². The van der Waals surface area contributed by atoms with Crippen LogP contribution in [0.25, 0.3) is 11.1 Å². The van der Waals surface area contributed by atoms with E-state index < -0.39 is 89.7 Å². The first-order chi connectivity index (χ1) is 36.2. The SMILES string of the molecule is CCCCCCCCOc1ccc(-c2ccc(C(=O)N[C@H]3CCCNC(=O)[C@@H]4CC(N)CN4C(=O)[C@H](CCCCN)NC(=O)[C@H](CCc4ccc(O)cc4)NC(=O)[C@@H]4CCCN4C(=O)[C@H](C(C)O)NC3=O)cc2)cc1. The number of fused-ring (bicyclic) bond motifs is 2. The summed E-state index contributed by atoms with van der Waals surface area (Å²) in [4.78, 5) is 102. The van der Waals surface area contributed by atoms with Gasteiger partial charge in [-0.15, -0.1) is 0 Å². The Labute approximate surface area is 440 Å². The molecule has 2 unspecified atom stereocenters. The van der Waals surface area contributed by atoms with E-state index in [0.29, 0.717) is 32.4 Å². The molecule has 19 nitrogen and oxygen atoms in total. The van der Waals surface area contributed by atoms with Crippen molar-refractivity contribution in [1.29, 1.82) is 0 Å². The summed E-state index contributed by atoms with van der Waals surface area (Å²) >= 11 is 0. The Morgan fingerprint density at radius 2 is 1.41 bits per heavy atom. The monoisotopic (exact) mass is 1040 g/mol. The molecule has 0 radical (unpaired) electrons. The largest absolute Gasteiger partial charge is 0.508 e. The van der Waals surface area contributed by atoms with Crippen molar-refractivity contribution in [2.75, 3.05) is 32.8 Å². The van der Waals surface area contributed by atoms with E-state index in [1.807, 2.05) is 24.3 Å². The zero-order valence-electron chi connectivity index (χ0n) is 43.6. The van der Waals surface area contributed by atoms with E-state index >= 15 is 0 Å². The Morgan fingerprint density at radius 1 is 0.733 bits per heavy atom. The fourth-order valence-corrected chi connectivity index (χ4v) is 9.99. The molecule has 19 heteroatoms. The van der Waals surface area contributed by atoms with Gasteiger partial charge in [0, 0.05) is 31.2 Å². The topological polar surface area (TPSA) is 288 Å². The fourth-order valence-electron chi connectivity index (χ4n) is 9.99. The molecule has 3 saturated heterocycles. The predicted octanol–water partition coefficient (Wildman–Crippen LogP) is 3.32. The summed E-state index contributed by atoms with van der Waals surface area (Å²) in [5, 5.41) is 35.0. The average molecular weight is 1040 g/mol. The summed E-state index contributed by atoms with van der Waals surface area (Å²) in [5.41, 5.74) is 15.0. The first kappa shape index (κ1) is 57.7. The lowest BCUT2D eigenvalue weighted by molar-refractivity contribution is -0.144. The number of hydrogen-bond acceptors (Lipinski definition) is 12. The Morgan fingerprint density at radius 3 is 2.11 bits per heavy atom. The van der Waals surface area contributed by atoms with Crippen molar-refractivity contribution < 1.29 is 48.5 Å². The number of hydrogen-bond donors (Lipinski definition) is 9. The molecule has 0 aliphatic carbocycles. The van der Waals surface area contributed by atoms with Crippen LogP contribution in [-0.4, -0.2) is 143 Å². The smallest absolute Gasteiger partial charge is 0.251 e. The van der Waals surface area contributed by atoms with Crippen LogP contribution in [0.5, 0.6) is 11.5 Å². The van der Waals surface area contributed by atoms with Crippen LogP contribution in [0.15, 0.2) is 72.8 Å². The van der Waals surface area contributed by atoms with Crippen LogP contribution in [0, 0.1) is 0 Å². The molecule has 6 rings (SSSR count). The standard InChI is InChI=1S/C56H79N9O10/c1-3-4-5-6-7-10-33-75-43-27-23-39(24-28-43)38-19-21-40(22-20-38)50(68)60-44-14-11-31-59-53(71)48-34-41(58)35-65(48)55(73)46(13-8-9-30-57)62-51(69)45(29-18-37-16-25-42(67)26-17-37)61-54(72)47-15-12-32-64(47)56(74)49(36(2)66)63-52(44)70/h16-17,19-28,36,41,44-49,66-67H,3-15,18,29-35,57-58H2,1-2H3,(H,59,71)(H,60,68)(H,61,72)(H,62,69)(H,63,70)/t36?,41?,44-,45-,46-,47-,48-,49-/m0/s1.